The molecule has 2 aliphatic rings. The molecule has 2 N–H and O–H groups in total. The van der Waals surface area contributed by atoms with Crippen molar-refractivity contribution in [2.45, 2.75) is 51.4 Å². The van der Waals surface area contributed by atoms with Gasteiger partial charge in [-0.1, -0.05) is 11.6 Å². The molecule has 1 fully saturated rings. The molecule has 0 radical (unpaired) electrons. The summed E-state index contributed by atoms with van der Waals surface area (Å²) in [4.78, 5) is 11.1. The zero-order valence-corrected chi connectivity index (χ0v) is 10.5. The van der Waals surface area contributed by atoms with Gasteiger partial charge in [-0.3, -0.25) is 4.79 Å². The van der Waals surface area contributed by atoms with Crippen LogP contribution in [0.4, 0.5) is 0 Å². The average molecular weight is 240 g/mol. The molecule has 3 heteroatoms. The number of Topliss-reactive ketones (excluding diaryl/α,β-unsaturated/α-hetero) is 1. The first-order chi connectivity index (χ1) is 8.27. The maximum Gasteiger partial charge on any atom is 0.132 e. The fourth-order valence-electron chi connectivity index (χ4n) is 2.54. The Bertz CT molecular complexity index is 246. The Balaban J connectivity index is 0.000000317. The molecular formula is C14H24O3. The summed E-state index contributed by atoms with van der Waals surface area (Å²) in [6, 6.07) is 0. The fraction of sp³-hybridized carbons (Fsp3) is 0.786. The van der Waals surface area contributed by atoms with Crippen molar-refractivity contribution in [1.29, 1.82) is 0 Å². The highest BCUT2D eigenvalue weighted by Crippen LogP contribution is 2.33. The summed E-state index contributed by atoms with van der Waals surface area (Å²) in [6.45, 7) is -0.250. The number of hydrogen-bond acceptors (Lipinski definition) is 3. The lowest BCUT2D eigenvalue weighted by molar-refractivity contribution is -0.120. The summed E-state index contributed by atoms with van der Waals surface area (Å²) in [7, 11) is 0. The van der Waals surface area contributed by atoms with E-state index < -0.39 is 0 Å². The monoisotopic (exact) mass is 240 g/mol. The van der Waals surface area contributed by atoms with Crippen molar-refractivity contribution in [3.8, 4) is 0 Å². The van der Waals surface area contributed by atoms with E-state index in [1.165, 1.54) is 25.7 Å². The Hall–Kier alpha value is -0.670. The maximum absolute atomic E-state index is 11.1. The molecule has 0 spiro atoms. The van der Waals surface area contributed by atoms with Gasteiger partial charge < -0.3 is 10.2 Å². The maximum atomic E-state index is 11.1. The van der Waals surface area contributed by atoms with Gasteiger partial charge in [0.2, 0.25) is 0 Å². The number of allylic oxidation sites excluding steroid dienone is 2. The number of rotatable bonds is 2. The summed E-state index contributed by atoms with van der Waals surface area (Å²) in [5, 5.41) is 15.2. The molecule has 0 heterocycles. The number of carbonyl (C=O) groups excluding carboxylic acids is 1. The van der Waals surface area contributed by atoms with Crippen LogP contribution in [-0.4, -0.2) is 29.2 Å². The van der Waals surface area contributed by atoms with Crippen LogP contribution in [-0.2, 0) is 4.79 Å². The van der Waals surface area contributed by atoms with Crippen molar-refractivity contribution in [2.75, 3.05) is 13.2 Å². The van der Waals surface area contributed by atoms with Crippen molar-refractivity contribution in [3.63, 3.8) is 0 Å². The number of carbonyl (C=O) groups is 1. The Morgan fingerprint density at radius 1 is 1.06 bits per heavy atom. The molecule has 2 rings (SSSR count). The first kappa shape index (κ1) is 14.4. The van der Waals surface area contributed by atoms with E-state index in [0.717, 1.165) is 31.6 Å². The molecule has 0 unspecified atom stereocenters. The minimum Gasteiger partial charge on any atom is -0.394 e. The van der Waals surface area contributed by atoms with Crippen molar-refractivity contribution in [1.82, 2.24) is 0 Å². The molecule has 98 valence electrons. The minimum absolute atomic E-state index is 0.125. The van der Waals surface area contributed by atoms with Gasteiger partial charge >= 0.3 is 0 Å². The summed E-state index contributed by atoms with van der Waals surface area (Å²) < 4.78 is 0. The van der Waals surface area contributed by atoms with Crippen molar-refractivity contribution < 1.29 is 15.0 Å². The first-order valence-electron chi connectivity index (χ1n) is 6.70. The van der Waals surface area contributed by atoms with Gasteiger partial charge in [-0.05, 0) is 44.4 Å². The highest BCUT2D eigenvalue weighted by Gasteiger charge is 2.22. The van der Waals surface area contributed by atoms with Crippen LogP contribution in [0.2, 0.25) is 0 Å². The predicted octanol–water partition coefficient (Wildman–Crippen LogP) is 2.22. The first-order valence-corrected chi connectivity index (χ1v) is 6.70. The van der Waals surface area contributed by atoms with E-state index in [9.17, 15) is 4.79 Å². The van der Waals surface area contributed by atoms with Crippen molar-refractivity contribution in [3.05, 3.63) is 11.6 Å². The minimum atomic E-state index is -0.125. The van der Waals surface area contributed by atoms with Crippen LogP contribution in [0.15, 0.2) is 11.6 Å². The van der Waals surface area contributed by atoms with Gasteiger partial charge in [0, 0.05) is 12.8 Å². The third-order valence-corrected chi connectivity index (χ3v) is 3.49. The Labute approximate surface area is 104 Å². The molecule has 17 heavy (non-hydrogen) atoms. The van der Waals surface area contributed by atoms with E-state index in [-0.39, 0.29) is 13.2 Å². The van der Waals surface area contributed by atoms with Crippen LogP contribution in [0.25, 0.3) is 0 Å². The second kappa shape index (κ2) is 8.43. The second-order valence-electron chi connectivity index (χ2n) is 4.78. The van der Waals surface area contributed by atoms with Crippen LogP contribution in [0.5, 0.6) is 0 Å². The smallest absolute Gasteiger partial charge is 0.132 e. The highest BCUT2D eigenvalue weighted by atomic mass is 16.3. The van der Waals surface area contributed by atoms with Gasteiger partial charge in [0.25, 0.3) is 0 Å². The van der Waals surface area contributed by atoms with E-state index in [2.05, 4.69) is 6.08 Å². The Kier molecular flexibility index (Phi) is 7.13. The van der Waals surface area contributed by atoms with E-state index >= 15 is 0 Å². The Morgan fingerprint density at radius 3 is 2.18 bits per heavy atom. The summed E-state index contributed by atoms with van der Waals surface area (Å²) in [5.41, 5.74) is 1.67. The zero-order chi connectivity index (χ0) is 12.5. The predicted molar refractivity (Wildman–Crippen MR) is 67.7 cm³/mol. The number of ketones is 1. The molecule has 0 amide bonds. The molecule has 0 saturated heterocycles. The fourth-order valence-corrected chi connectivity index (χ4v) is 2.54. The quantitative estimate of drug-likeness (QED) is 0.728. The lowest BCUT2D eigenvalue weighted by Crippen LogP contribution is -2.16. The molecule has 0 atom stereocenters. The van der Waals surface area contributed by atoms with Gasteiger partial charge in [0.1, 0.15) is 5.78 Å². The van der Waals surface area contributed by atoms with Gasteiger partial charge in [0.15, 0.2) is 0 Å². The van der Waals surface area contributed by atoms with Crippen LogP contribution in [0.1, 0.15) is 51.4 Å². The van der Waals surface area contributed by atoms with E-state index in [4.69, 9.17) is 10.2 Å². The standard InChI is InChI=1S/C12H18O.C2H6O2/c13-12-8-6-11(7-9-12)10-4-2-1-3-5-10;3-1-2-4/h4,11H,1-3,5-9H2;3-4H,1-2H2. The highest BCUT2D eigenvalue weighted by molar-refractivity contribution is 5.79. The van der Waals surface area contributed by atoms with E-state index in [0.29, 0.717) is 5.78 Å². The van der Waals surface area contributed by atoms with Gasteiger partial charge in [-0.2, -0.15) is 0 Å². The summed E-state index contributed by atoms with van der Waals surface area (Å²) in [6.07, 6.45) is 11.7. The third-order valence-electron chi connectivity index (χ3n) is 3.49. The van der Waals surface area contributed by atoms with E-state index in [1.807, 2.05) is 0 Å². The average Bonchev–Trinajstić information content (AvgIpc) is 2.41. The number of hydrogen-bond donors (Lipinski definition) is 2. The number of aliphatic hydroxyl groups is 2. The summed E-state index contributed by atoms with van der Waals surface area (Å²) >= 11 is 0. The second-order valence-corrected chi connectivity index (χ2v) is 4.78. The van der Waals surface area contributed by atoms with Gasteiger partial charge in [-0.25, -0.2) is 0 Å². The Morgan fingerprint density at radius 2 is 1.71 bits per heavy atom. The molecule has 0 bridgehead atoms. The van der Waals surface area contributed by atoms with Crippen molar-refractivity contribution in [2.24, 2.45) is 5.92 Å². The third kappa shape index (κ3) is 5.46. The molecule has 0 aliphatic heterocycles. The summed E-state index contributed by atoms with van der Waals surface area (Å²) in [5.74, 6) is 1.24. The van der Waals surface area contributed by atoms with Crippen molar-refractivity contribution >= 4 is 5.78 Å². The molecular weight excluding hydrogens is 216 g/mol. The van der Waals surface area contributed by atoms with E-state index in [1.54, 1.807) is 5.57 Å². The van der Waals surface area contributed by atoms with Gasteiger partial charge in [-0.15, -0.1) is 0 Å². The van der Waals surface area contributed by atoms with Crippen LogP contribution in [0, 0.1) is 5.92 Å². The van der Waals surface area contributed by atoms with Gasteiger partial charge in [0.05, 0.1) is 13.2 Å². The largest absolute Gasteiger partial charge is 0.394 e. The molecule has 0 aromatic carbocycles. The van der Waals surface area contributed by atoms with Crippen LogP contribution < -0.4 is 0 Å². The molecule has 0 aromatic rings. The number of aliphatic hydroxyl groups excluding tert-OH is 2. The zero-order valence-electron chi connectivity index (χ0n) is 10.5. The lowest BCUT2D eigenvalue weighted by atomic mass is 9.79. The lowest BCUT2D eigenvalue weighted by Gasteiger charge is -2.26. The molecule has 1 saturated carbocycles. The molecule has 2 aliphatic carbocycles. The normalized spacial score (nSPS) is 21.5. The van der Waals surface area contributed by atoms with Crippen LogP contribution in [0.3, 0.4) is 0 Å². The van der Waals surface area contributed by atoms with Crippen LogP contribution >= 0.6 is 0 Å². The topological polar surface area (TPSA) is 57.5 Å². The molecule has 0 aromatic heterocycles. The molecule has 3 nitrogen and oxygen atoms in total. The SMILES string of the molecule is O=C1CCC(C2=CCCCC2)CC1.OCCO.